The molecule has 0 aliphatic carbocycles. The van der Waals surface area contributed by atoms with E-state index in [1.54, 1.807) is 17.4 Å². The van der Waals surface area contributed by atoms with Crippen LogP contribution in [0.5, 0.6) is 0 Å². The van der Waals surface area contributed by atoms with E-state index in [0.717, 1.165) is 57.5 Å². The minimum atomic E-state index is -0.0964. The highest BCUT2D eigenvalue weighted by Gasteiger charge is 2.28. The fourth-order valence-corrected chi connectivity index (χ4v) is 5.33. The van der Waals surface area contributed by atoms with Gasteiger partial charge in [0.15, 0.2) is 10.8 Å². The minimum Gasteiger partial charge on any atom is -0.347 e. The quantitative estimate of drug-likeness (QED) is 0.425. The lowest BCUT2D eigenvalue weighted by molar-refractivity contribution is -0.120. The molecular formula is C24H24ClN5OS. The summed E-state index contributed by atoms with van der Waals surface area (Å²) in [4.78, 5) is 20.2. The zero-order chi connectivity index (χ0) is 22.2. The van der Waals surface area contributed by atoms with E-state index < -0.39 is 0 Å². The van der Waals surface area contributed by atoms with Crippen molar-refractivity contribution in [3.05, 3.63) is 64.8 Å². The van der Waals surface area contributed by atoms with Gasteiger partial charge in [-0.25, -0.2) is 4.68 Å². The van der Waals surface area contributed by atoms with Crippen LogP contribution in [0.3, 0.4) is 0 Å². The predicted molar refractivity (Wildman–Crippen MR) is 131 cm³/mol. The molecule has 0 bridgehead atoms. The van der Waals surface area contributed by atoms with Crippen LogP contribution in [0.4, 0.5) is 10.8 Å². The summed E-state index contributed by atoms with van der Waals surface area (Å²) >= 11 is 7.76. The molecule has 1 aliphatic heterocycles. The second kappa shape index (κ2) is 8.56. The van der Waals surface area contributed by atoms with Crippen LogP contribution in [0.25, 0.3) is 16.0 Å². The number of hydrogen-bond donors (Lipinski definition) is 1. The zero-order valence-corrected chi connectivity index (χ0v) is 19.6. The van der Waals surface area contributed by atoms with Crippen molar-refractivity contribution in [3.8, 4) is 5.69 Å². The molecule has 0 radical (unpaired) electrons. The monoisotopic (exact) mass is 465 g/mol. The molecule has 5 rings (SSSR count). The molecule has 8 heteroatoms. The maximum atomic E-state index is 13.0. The first-order valence-electron chi connectivity index (χ1n) is 10.7. The minimum absolute atomic E-state index is 0.0350. The molecule has 1 fully saturated rings. The number of hydrogen-bond acceptors (Lipinski definition) is 5. The third kappa shape index (κ3) is 3.98. The highest BCUT2D eigenvalue weighted by atomic mass is 35.5. The number of benzene rings is 2. The Morgan fingerprint density at radius 2 is 2.00 bits per heavy atom. The van der Waals surface area contributed by atoms with Gasteiger partial charge in [-0.3, -0.25) is 4.79 Å². The Hall–Kier alpha value is -2.90. The SMILES string of the molecule is Cc1ccc(Cl)cc1NC(=O)[C@H]1CCCN(c2nc3c(s2)c(C)nn3-c2ccccc2)C1. The normalized spacial score (nSPS) is 16.5. The molecule has 4 aromatic rings. The molecule has 2 aromatic heterocycles. The summed E-state index contributed by atoms with van der Waals surface area (Å²) in [6.45, 7) is 5.54. The van der Waals surface area contributed by atoms with E-state index in [2.05, 4.69) is 15.3 Å². The summed E-state index contributed by atoms with van der Waals surface area (Å²) in [7, 11) is 0. The van der Waals surface area contributed by atoms with Gasteiger partial charge in [-0.05, 0) is 56.5 Å². The largest absolute Gasteiger partial charge is 0.347 e. The number of anilines is 2. The first-order valence-corrected chi connectivity index (χ1v) is 11.9. The average molecular weight is 466 g/mol. The number of nitrogens with zero attached hydrogens (tertiary/aromatic N) is 4. The molecule has 3 heterocycles. The van der Waals surface area contributed by atoms with E-state index in [-0.39, 0.29) is 11.8 Å². The van der Waals surface area contributed by atoms with Gasteiger partial charge in [-0.15, -0.1) is 0 Å². The molecule has 164 valence electrons. The van der Waals surface area contributed by atoms with Gasteiger partial charge in [-0.1, -0.05) is 47.2 Å². The summed E-state index contributed by atoms with van der Waals surface area (Å²) in [5.74, 6) is -0.0614. The molecule has 1 N–H and O–H groups in total. The highest BCUT2D eigenvalue weighted by molar-refractivity contribution is 7.22. The number of nitrogens with one attached hydrogen (secondary N) is 1. The summed E-state index contributed by atoms with van der Waals surface area (Å²) in [5, 5.41) is 9.32. The third-order valence-corrected chi connectivity index (χ3v) is 7.35. The van der Waals surface area contributed by atoms with Crippen molar-refractivity contribution in [2.75, 3.05) is 23.3 Å². The smallest absolute Gasteiger partial charge is 0.229 e. The number of carbonyl (C=O) groups is 1. The first-order chi connectivity index (χ1) is 15.5. The summed E-state index contributed by atoms with van der Waals surface area (Å²) < 4.78 is 2.99. The van der Waals surface area contributed by atoms with E-state index in [9.17, 15) is 4.79 Å². The van der Waals surface area contributed by atoms with Gasteiger partial charge in [0.05, 0.1) is 22.0 Å². The Morgan fingerprint density at radius 3 is 2.81 bits per heavy atom. The van der Waals surface area contributed by atoms with Crippen molar-refractivity contribution < 1.29 is 4.79 Å². The molecule has 0 spiro atoms. The number of aryl methyl sites for hydroxylation is 2. The average Bonchev–Trinajstić information content (AvgIpc) is 3.37. The number of rotatable bonds is 4. The van der Waals surface area contributed by atoms with Gasteiger partial charge in [0.25, 0.3) is 0 Å². The van der Waals surface area contributed by atoms with E-state index in [1.807, 2.05) is 61.0 Å². The van der Waals surface area contributed by atoms with Crippen molar-refractivity contribution in [3.63, 3.8) is 0 Å². The van der Waals surface area contributed by atoms with Crippen molar-refractivity contribution in [1.82, 2.24) is 14.8 Å². The van der Waals surface area contributed by atoms with E-state index >= 15 is 0 Å². The molecule has 1 aliphatic rings. The molecular weight excluding hydrogens is 442 g/mol. The molecule has 1 atom stereocenters. The summed E-state index contributed by atoms with van der Waals surface area (Å²) in [6.07, 6.45) is 1.82. The van der Waals surface area contributed by atoms with Crippen LogP contribution < -0.4 is 10.2 Å². The molecule has 0 saturated carbocycles. The number of piperidine rings is 1. The van der Waals surface area contributed by atoms with E-state index in [1.165, 1.54) is 0 Å². The standard InChI is InChI=1S/C24H24ClN5OS/c1-15-10-11-18(25)13-20(15)26-23(31)17-7-6-12-29(14-17)24-27-22-21(32-24)16(2)28-30(22)19-8-4-3-5-9-19/h3-5,8-11,13,17H,6-7,12,14H2,1-2H3,(H,26,31)/t17-/m0/s1. The molecule has 1 amide bonds. The number of carbonyl (C=O) groups excluding carboxylic acids is 1. The van der Waals surface area contributed by atoms with Crippen LogP contribution >= 0.6 is 22.9 Å². The first kappa shape index (κ1) is 21.0. The maximum absolute atomic E-state index is 13.0. The van der Waals surface area contributed by atoms with Gasteiger partial charge in [0.1, 0.15) is 0 Å². The second-order valence-electron chi connectivity index (χ2n) is 8.22. The van der Waals surface area contributed by atoms with Crippen LogP contribution in [0.2, 0.25) is 5.02 Å². The number of halogens is 1. The Morgan fingerprint density at radius 1 is 1.19 bits per heavy atom. The van der Waals surface area contributed by atoms with E-state index in [4.69, 9.17) is 16.6 Å². The topological polar surface area (TPSA) is 63.1 Å². The van der Waals surface area contributed by atoms with Crippen LogP contribution in [0.1, 0.15) is 24.1 Å². The fourth-order valence-electron chi connectivity index (χ4n) is 4.14. The Labute approximate surface area is 195 Å². The number of para-hydroxylation sites is 1. The lowest BCUT2D eigenvalue weighted by atomic mass is 9.97. The van der Waals surface area contributed by atoms with Crippen molar-refractivity contribution >= 4 is 50.0 Å². The molecule has 2 aromatic carbocycles. The third-order valence-electron chi connectivity index (χ3n) is 5.90. The number of fused-ring (bicyclic) bond motifs is 1. The van der Waals surface area contributed by atoms with Crippen LogP contribution in [0.15, 0.2) is 48.5 Å². The van der Waals surface area contributed by atoms with Crippen LogP contribution in [-0.4, -0.2) is 33.8 Å². The van der Waals surface area contributed by atoms with E-state index in [0.29, 0.717) is 11.6 Å². The maximum Gasteiger partial charge on any atom is 0.229 e. The van der Waals surface area contributed by atoms with Crippen molar-refractivity contribution in [1.29, 1.82) is 0 Å². The highest BCUT2D eigenvalue weighted by Crippen LogP contribution is 2.34. The second-order valence-corrected chi connectivity index (χ2v) is 9.63. The Kier molecular flexibility index (Phi) is 5.61. The predicted octanol–water partition coefficient (Wildman–Crippen LogP) is 5.61. The molecule has 6 nitrogen and oxygen atoms in total. The van der Waals surface area contributed by atoms with Crippen LogP contribution in [-0.2, 0) is 4.79 Å². The molecule has 1 saturated heterocycles. The Balaban J connectivity index is 1.37. The van der Waals surface area contributed by atoms with Gasteiger partial charge >= 0.3 is 0 Å². The fraction of sp³-hybridized carbons (Fsp3) is 0.292. The van der Waals surface area contributed by atoms with Gasteiger partial charge in [0.2, 0.25) is 5.91 Å². The van der Waals surface area contributed by atoms with Gasteiger partial charge in [-0.2, -0.15) is 10.1 Å². The molecule has 0 unspecified atom stereocenters. The van der Waals surface area contributed by atoms with Crippen LogP contribution in [0, 0.1) is 19.8 Å². The lowest BCUT2D eigenvalue weighted by Gasteiger charge is -2.31. The molecule has 32 heavy (non-hydrogen) atoms. The van der Waals surface area contributed by atoms with Gasteiger partial charge < -0.3 is 10.2 Å². The lowest BCUT2D eigenvalue weighted by Crippen LogP contribution is -2.40. The number of amides is 1. The van der Waals surface area contributed by atoms with Gasteiger partial charge in [0, 0.05) is 23.8 Å². The summed E-state index contributed by atoms with van der Waals surface area (Å²) in [6, 6.07) is 15.6. The summed E-state index contributed by atoms with van der Waals surface area (Å²) in [5.41, 5.74) is 4.61. The number of aromatic nitrogens is 3. The Bertz CT molecular complexity index is 1280. The van der Waals surface area contributed by atoms with Crippen molar-refractivity contribution in [2.24, 2.45) is 5.92 Å². The zero-order valence-electron chi connectivity index (χ0n) is 18.0. The number of thiazole rings is 1. The van der Waals surface area contributed by atoms with Crippen molar-refractivity contribution in [2.45, 2.75) is 26.7 Å².